The molecule has 4 aromatic carbocycles. The van der Waals surface area contributed by atoms with Crippen molar-refractivity contribution in [2.75, 3.05) is 6.54 Å². The van der Waals surface area contributed by atoms with E-state index in [1.165, 1.54) is 0 Å². The highest BCUT2D eigenvalue weighted by Crippen LogP contribution is 2.59. The highest BCUT2D eigenvalue weighted by Gasteiger charge is 2.35. The molecular formula is C30H23NO4PS2-. The monoisotopic (exact) mass is 556 g/mol. The molecule has 38 heavy (non-hydrogen) atoms. The number of hydroxylamine groups is 1. The van der Waals surface area contributed by atoms with Gasteiger partial charge in [0.15, 0.2) is 0 Å². The van der Waals surface area contributed by atoms with E-state index < -0.39 is 7.75 Å². The van der Waals surface area contributed by atoms with E-state index in [0.717, 1.165) is 41.8 Å². The first-order chi connectivity index (χ1) is 18.5. The molecule has 0 unspecified atom stereocenters. The van der Waals surface area contributed by atoms with Crippen LogP contribution in [0.2, 0.25) is 0 Å². The van der Waals surface area contributed by atoms with Crippen molar-refractivity contribution in [1.29, 1.82) is 0 Å². The fraction of sp³-hybridized carbons (Fsp3) is 0.0667. The minimum absolute atomic E-state index is 0.0716. The summed E-state index contributed by atoms with van der Waals surface area (Å²) in [7, 11) is -4.40. The molecule has 0 N–H and O–H groups in total. The largest absolute Gasteiger partial charge is 0.775 e. The van der Waals surface area contributed by atoms with Gasteiger partial charge < -0.3 is 14.3 Å². The van der Waals surface area contributed by atoms with E-state index >= 15 is 0 Å². The molecule has 190 valence electrons. The van der Waals surface area contributed by atoms with Gasteiger partial charge in [0.25, 0.3) is 0 Å². The topological polar surface area (TPSA) is 61.8 Å². The van der Waals surface area contributed by atoms with Crippen molar-refractivity contribution >= 4 is 54.9 Å². The van der Waals surface area contributed by atoms with E-state index in [1.54, 1.807) is 30.4 Å². The molecule has 0 aromatic heterocycles. The molecule has 8 heteroatoms. The van der Waals surface area contributed by atoms with Crippen LogP contribution in [-0.4, -0.2) is 11.4 Å². The first-order valence-corrected chi connectivity index (χ1v) is 15.3. The zero-order valence-corrected chi connectivity index (χ0v) is 23.0. The minimum atomic E-state index is -4.40. The summed E-state index contributed by atoms with van der Waals surface area (Å²) in [6, 6.07) is 31.3. The molecule has 2 aliphatic heterocycles. The predicted octanol–water partition coefficient (Wildman–Crippen LogP) is 9.27. The van der Waals surface area contributed by atoms with E-state index in [4.69, 9.17) is 9.05 Å². The summed E-state index contributed by atoms with van der Waals surface area (Å²) >= 11 is 3.20. The molecule has 0 amide bonds. The second-order valence-electron chi connectivity index (χ2n) is 8.61. The molecule has 2 heterocycles. The van der Waals surface area contributed by atoms with Gasteiger partial charge in [-0.15, -0.1) is 0 Å². The standard InChI is InChI=1S/C30H23NO4PS2/c1-2-31(32)36(33,34-25-19-21-11-3-7-15-27(21)37-29-17-9-5-13-23(25)29)35-26-20-22-12-4-8-16-28(22)38-30-18-10-6-14-24(26)30/h3-20H,2H2,1H3/q-1. The Balaban J connectivity index is 1.46. The average molecular weight is 557 g/mol. The van der Waals surface area contributed by atoms with Crippen LogP contribution in [0.15, 0.2) is 117 Å². The molecule has 0 atom stereocenters. The first-order valence-electron chi connectivity index (χ1n) is 12.1. The Morgan fingerprint density at radius 3 is 1.50 bits per heavy atom. The lowest BCUT2D eigenvalue weighted by Crippen LogP contribution is -2.16. The van der Waals surface area contributed by atoms with Crippen LogP contribution in [0.1, 0.15) is 29.2 Å². The number of fused-ring (bicyclic) bond motifs is 4. The maximum absolute atomic E-state index is 14.4. The van der Waals surface area contributed by atoms with E-state index in [0.29, 0.717) is 16.4 Å². The molecule has 0 fully saturated rings. The normalized spacial score (nSPS) is 14.1. The second-order valence-corrected chi connectivity index (χ2v) is 12.5. The molecule has 0 aliphatic carbocycles. The van der Waals surface area contributed by atoms with E-state index in [1.807, 2.05) is 109 Å². The maximum atomic E-state index is 14.4. The van der Waals surface area contributed by atoms with Gasteiger partial charge in [0.2, 0.25) is 0 Å². The van der Waals surface area contributed by atoms with Crippen LogP contribution in [0, 0.1) is 5.21 Å². The number of hydrogen-bond donors (Lipinski definition) is 0. The highest BCUT2D eigenvalue weighted by atomic mass is 32.2. The van der Waals surface area contributed by atoms with Gasteiger partial charge in [-0.05, 0) is 54.1 Å². The molecule has 5 nitrogen and oxygen atoms in total. The van der Waals surface area contributed by atoms with Crippen molar-refractivity contribution in [3.8, 4) is 0 Å². The summed E-state index contributed by atoms with van der Waals surface area (Å²) < 4.78 is 26.8. The number of hydrogen-bond acceptors (Lipinski definition) is 6. The summed E-state index contributed by atoms with van der Waals surface area (Å²) in [5.74, 6) is 0.654. The number of benzene rings is 4. The van der Waals surface area contributed by atoms with Crippen LogP contribution in [0.25, 0.3) is 23.7 Å². The SMILES string of the molecule is CCN([O-])P(=O)(OC1=Cc2ccccc2Sc2ccccc21)OC1=Cc2ccccc2Sc2ccccc21. The Kier molecular flexibility index (Phi) is 6.95. The summed E-state index contributed by atoms with van der Waals surface area (Å²) in [5, 5.41) is 13.2. The third-order valence-corrected chi connectivity index (χ3v) is 10.1. The van der Waals surface area contributed by atoms with Gasteiger partial charge in [-0.2, -0.15) is 0 Å². The fourth-order valence-electron chi connectivity index (χ4n) is 4.26. The van der Waals surface area contributed by atoms with Crippen LogP contribution in [0.4, 0.5) is 0 Å². The molecule has 0 saturated heterocycles. The lowest BCUT2D eigenvalue weighted by atomic mass is 10.1. The third-order valence-electron chi connectivity index (χ3n) is 6.13. The lowest BCUT2D eigenvalue weighted by Gasteiger charge is -2.34. The molecule has 4 aromatic rings. The maximum Gasteiger partial charge on any atom is 0.503 e. The number of nitrogens with zero attached hydrogens (tertiary/aromatic N) is 1. The van der Waals surface area contributed by atoms with Gasteiger partial charge in [-0.25, -0.2) is 4.57 Å². The quantitative estimate of drug-likeness (QED) is 0.173. The molecule has 0 spiro atoms. The summed E-state index contributed by atoms with van der Waals surface area (Å²) in [6.07, 6.45) is 3.66. The first kappa shape index (κ1) is 25.1. The molecule has 0 bridgehead atoms. The van der Waals surface area contributed by atoms with Gasteiger partial charge in [-0.1, -0.05) is 103 Å². The number of rotatable bonds is 6. The molecule has 2 aliphatic rings. The predicted molar refractivity (Wildman–Crippen MR) is 155 cm³/mol. The molecular weight excluding hydrogens is 533 g/mol. The van der Waals surface area contributed by atoms with Gasteiger partial charge in [-0.3, -0.25) is 4.83 Å². The van der Waals surface area contributed by atoms with Crippen LogP contribution in [0.5, 0.6) is 0 Å². The van der Waals surface area contributed by atoms with Gasteiger partial charge in [0.1, 0.15) is 11.5 Å². The van der Waals surface area contributed by atoms with Crippen molar-refractivity contribution < 1.29 is 13.6 Å². The fourth-order valence-corrected chi connectivity index (χ4v) is 7.73. The van der Waals surface area contributed by atoms with Crippen LogP contribution in [0.3, 0.4) is 0 Å². The highest BCUT2D eigenvalue weighted by molar-refractivity contribution is 7.99. The van der Waals surface area contributed by atoms with E-state index in [-0.39, 0.29) is 6.54 Å². The zero-order chi connectivity index (χ0) is 26.1. The van der Waals surface area contributed by atoms with Crippen LogP contribution < -0.4 is 0 Å². The summed E-state index contributed by atoms with van der Waals surface area (Å²) in [4.78, 5) is 4.37. The molecule has 0 radical (unpaired) electrons. The Bertz CT molecular complexity index is 1520. The van der Waals surface area contributed by atoms with E-state index in [2.05, 4.69) is 0 Å². The summed E-state index contributed by atoms with van der Waals surface area (Å²) in [6.45, 7) is 1.56. The third kappa shape index (κ3) is 4.84. The average Bonchev–Trinajstić information content (AvgIpc) is 3.20. The zero-order valence-electron chi connectivity index (χ0n) is 20.4. The van der Waals surface area contributed by atoms with Crippen molar-refractivity contribution in [2.45, 2.75) is 26.5 Å². The van der Waals surface area contributed by atoms with Gasteiger partial charge in [0, 0.05) is 30.7 Å². The Hall–Kier alpha value is -3.19. The van der Waals surface area contributed by atoms with Crippen LogP contribution in [-0.2, 0) is 13.6 Å². The Morgan fingerprint density at radius 2 is 1.05 bits per heavy atom. The Morgan fingerprint density at radius 1 is 0.658 bits per heavy atom. The van der Waals surface area contributed by atoms with Crippen molar-refractivity contribution in [3.63, 3.8) is 0 Å². The Labute approximate surface area is 230 Å². The molecule has 6 rings (SSSR count). The molecule has 0 saturated carbocycles. The van der Waals surface area contributed by atoms with Crippen LogP contribution >= 0.6 is 31.3 Å². The van der Waals surface area contributed by atoms with Gasteiger partial charge >= 0.3 is 7.75 Å². The lowest BCUT2D eigenvalue weighted by molar-refractivity contribution is 0.296. The van der Waals surface area contributed by atoms with E-state index in [9.17, 15) is 9.77 Å². The van der Waals surface area contributed by atoms with Crippen molar-refractivity contribution in [2.24, 2.45) is 0 Å². The van der Waals surface area contributed by atoms with Crippen molar-refractivity contribution in [3.05, 3.63) is 125 Å². The second kappa shape index (κ2) is 10.5. The smallest absolute Gasteiger partial charge is 0.503 e. The van der Waals surface area contributed by atoms with Gasteiger partial charge in [0.05, 0.1) is 0 Å². The summed E-state index contributed by atoms with van der Waals surface area (Å²) in [5.41, 5.74) is 3.32. The van der Waals surface area contributed by atoms with Crippen molar-refractivity contribution in [1.82, 2.24) is 4.83 Å². The minimum Gasteiger partial charge on any atom is -0.775 e.